The smallest absolute Gasteiger partial charge is 0.410 e. The van der Waals surface area contributed by atoms with Crippen molar-refractivity contribution in [2.45, 2.75) is 46.4 Å². The summed E-state index contributed by atoms with van der Waals surface area (Å²) in [6.45, 7) is 9.48. The summed E-state index contributed by atoms with van der Waals surface area (Å²) >= 11 is 5.19. The number of benzene rings is 1. The summed E-state index contributed by atoms with van der Waals surface area (Å²) in [7, 11) is 0. The highest BCUT2D eigenvalue weighted by Gasteiger charge is 2.21. The van der Waals surface area contributed by atoms with E-state index in [1.807, 2.05) is 52.0 Å². The van der Waals surface area contributed by atoms with Gasteiger partial charge in [-0.2, -0.15) is 0 Å². The Kier molecular flexibility index (Phi) is 6.90. The van der Waals surface area contributed by atoms with Crippen LogP contribution < -0.4 is 5.32 Å². The normalized spacial score (nSPS) is 11.2. The second kappa shape index (κ2) is 8.72. The van der Waals surface area contributed by atoms with Gasteiger partial charge in [0.05, 0.1) is 6.54 Å². The number of hydrogen-bond acceptors (Lipinski definition) is 4. The molecule has 1 amide bonds. The summed E-state index contributed by atoms with van der Waals surface area (Å²) < 4.78 is 6.60. The molecule has 0 radical (unpaired) electrons. The van der Waals surface area contributed by atoms with Crippen molar-refractivity contribution in [3.05, 3.63) is 50.6 Å². The maximum absolute atomic E-state index is 12.4. The van der Waals surface area contributed by atoms with Gasteiger partial charge in [0, 0.05) is 33.5 Å². The van der Waals surface area contributed by atoms with Crippen molar-refractivity contribution in [1.29, 1.82) is 0 Å². The van der Waals surface area contributed by atoms with Crippen LogP contribution in [0.2, 0.25) is 0 Å². The highest BCUT2D eigenvalue weighted by molar-refractivity contribution is 9.10. The summed E-state index contributed by atoms with van der Waals surface area (Å²) in [5.41, 5.74) is 1.62. The second-order valence-electron chi connectivity index (χ2n) is 6.74. The summed E-state index contributed by atoms with van der Waals surface area (Å²) in [5.74, 6) is 0. The van der Waals surface area contributed by atoms with Crippen LogP contribution in [0.5, 0.6) is 0 Å². The van der Waals surface area contributed by atoms with Gasteiger partial charge in [-0.15, -0.1) is 11.3 Å². The topological polar surface area (TPSA) is 41.6 Å². The minimum atomic E-state index is -0.491. The van der Waals surface area contributed by atoms with Crippen molar-refractivity contribution in [1.82, 2.24) is 4.90 Å². The van der Waals surface area contributed by atoms with E-state index in [9.17, 15) is 4.79 Å². The summed E-state index contributed by atoms with van der Waals surface area (Å²) in [6, 6.07) is 10.2. The third-order valence-electron chi connectivity index (χ3n) is 3.49. The monoisotopic (exact) mass is 424 g/mol. The van der Waals surface area contributed by atoms with Gasteiger partial charge >= 0.3 is 6.09 Å². The molecule has 0 aliphatic heterocycles. The number of halogens is 1. The molecule has 1 N–H and O–H groups in total. The minimum absolute atomic E-state index is 0.285. The number of thiophene rings is 1. The van der Waals surface area contributed by atoms with Crippen LogP contribution in [-0.4, -0.2) is 23.1 Å². The predicted octanol–water partition coefficient (Wildman–Crippen LogP) is 5.88. The van der Waals surface area contributed by atoms with Crippen molar-refractivity contribution in [3.63, 3.8) is 0 Å². The maximum Gasteiger partial charge on any atom is 0.410 e. The van der Waals surface area contributed by atoms with Gasteiger partial charge in [-0.3, -0.25) is 0 Å². The molecule has 0 aliphatic rings. The number of rotatable bonds is 6. The van der Waals surface area contributed by atoms with E-state index in [2.05, 4.69) is 32.7 Å². The first kappa shape index (κ1) is 19.8. The number of carbonyl (C=O) groups excluding carboxylic acids is 1. The third-order valence-corrected chi connectivity index (χ3v) is 5.18. The zero-order valence-electron chi connectivity index (χ0n) is 15.1. The molecule has 2 aromatic rings. The second-order valence-corrected chi connectivity index (χ2v) is 8.65. The van der Waals surface area contributed by atoms with Gasteiger partial charge in [-0.05, 0) is 61.3 Å². The number of amides is 1. The molecule has 0 bridgehead atoms. The average Bonchev–Trinajstić information content (AvgIpc) is 2.95. The molecule has 1 heterocycles. The molecule has 0 fully saturated rings. The lowest BCUT2D eigenvalue weighted by Crippen LogP contribution is -2.36. The predicted molar refractivity (Wildman–Crippen MR) is 108 cm³/mol. The molecule has 136 valence electrons. The van der Waals surface area contributed by atoms with Crippen LogP contribution in [0.4, 0.5) is 10.5 Å². The lowest BCUT2D eigenvalue weighted by molar-refractivity contribution is 0.0245. The standard InChI is InChI=1S/C19H25BrN2O2S/c1-5-22(18(23)24-19(2,3)4)12-14-8-6-7-9-17(14)21-11-16-10-15(20)13-25-16/h6-10,13,21H,5,11-12H2,1-4H3. The van der Waals surface area contributed by atoms with Crippen LogP contribution in [0.1, 0.15) is 38.1 Å². The fourth-order valence-corrected chi connectivity index (χ4v) is 3.69. The highest BCUT2D eigenvalue weighted by Crippen LogP contribution is 2.23. The molecule has 6 heteroatoms. The van der Waals surface area contributed by atoms with Gasteiger partial charge in [-0.1, -0.05) is 18.2 Å². The number of nitrogens with zero attached hydrogens (tertiary/aromatic N) is 1. The van der Waals surface area contributed by atoms with Gasteiger partial charge in [0.25, 0.3) is 0 Å². The van der Waals surface area contributed by atoms with E-state index in [1.54, 1.807) is 16.2 Å². The summed E-state index contributed by atoms with van der Waals surface area (Å²) in [6.07, 6.45) is -0.285. The fraction of sp³-hybridized carbons (Fsp3) is 0.421. The van der Waals surface area contributed by atoms with Gasteiger partial charge < -0.3 is 15.0 Å². The van der Waals surface area contributed by atoms with E-state index >= 15 is 0 Å². The molecule has 4 nitrogen and oxygen atoms in total. The van der Waals surface area contributed by atoms with Gasteiger partial charge in [0.15, 0.2) is 0 Å². The summed E-state index contributed by atoms with van der Waals surface area (Å²) in [4.78, 5) is 15.3. The third kappa shape index (κ3) is 6.36. The number of anilines is 1. The van der Waals surface area contributed by atoms with Crippen molar-refractivity contribution in [3.8, 4) is 0 Å². The Morgan fingerprint density at radius 3 is 2.64 bits per heavy atom. The zero-order valence-corrected chi connectivity index (χ0v) is 17.5. The molecular formula is C19H25BrN2O2S. The molecule has 2 rings (SSSR count). The van der Waals surface area contributed by atoms with Gasteiger partial charge in [0.2, 0.25) is 0 Å². The molecule has 0 saturated heterocycles. The Bertz CT molecular complexity index is 709. The molecule has 1 aromatic heterocycles. The Morgan fingerprint density at radius 2 is 2.04 bits per heavy atom. The van der Waals surface area contributed by atoms with Gasteiger partial charge in [-0.25, -0.2) is 4.79 Å². The minimum Gasteiger partial charge on any atom is -0.444 e. The SMILES string of the molecule is CCN(Cc1ccccc1NCc1cc(Br)cs1)C(=O)OC(C)(C)C. The van der Waals surface area contributed by atoms with E-state index in [0.717, 1.165) is 22.3 Å². The number of ether oxygens (including phenoxy) is 1. The van der Waals surface area contributed by atoms with E-state index in [4.69, 9.17) is 4.74 Å². The molecule has 0 aliphatic carbocycles. The van der Waals surface area contributed by atoms with Crippen LogP contribution in [0.15, 0.2) is 40.2 Å². The largest absolute Gasteiger partial charge is 0.444 e. The Morgan fingerprint density at radius 1 is 1.32 bits per heavy atom. The van der Waals surface area contributed by atoms with Crippen LogP contribution in [0.25, 0.3) is 0 Å². The number of nitrogens with one attached hydrogen (secondary N) is 1. The molecule has 1 aromatic carbocycles. The molecule has 0 atom stereocenters. The fourth-order valence-electron chi connectivity index (χ4n) is 2.30. The van der Waals surface area contributed by atoms with Gasteiger partial charge in [0.1, 0.15) is 5.60 Å². The molecule has 25 heavy (non-hydrogen) atoms. The van der Waals surface area contributed by atoms with E-state index in [0.29, 0.717) is 13.1 Å². The maximum atomic E-state index is 12.4. The molecule has 0 unspecified atom stereocenters. The Balaban J connectivity index is 2.06. The summed E-state index contributed by atoms with van der Waals surface area (Å²) in [5, 5.41) is 5.54. The van der Waals surface area contributed by atoms with Crippen molar-refractivity contribution in [2.75, 3.05) is 11.9 Å². The highest BCUT2D eigenvalue weighted by atomic mass is 79.9. The first-order chi connectivity index (χ1) is 11.8. The van der Waals surface area contributed by atoms with E-state index < -0.39 is 5.60 Å². The van der Waals surface area contributed by atoms with E-state index in [-0.39, 0.29) is 6.09 Å². The first-order valence-corrected chi connectivity index (χ1v) is 9.98. The van der Waals surface area contributed by atoms with Crippen LogP contribution >= 0.6 is 27.3 Å². The van der Waals surface area contributed by atoms with Crippen LogP contribution in [-0.2, 0) is 17.8 Å². The Labute approximate surface area is 162 Å². The number of carbonyl (C=O) groups is 1. The molecule has 0 saturated carbocycles. The quantitative estimate of drug-likeness (QED) is 0.629. The number of para-hydroxylation sites is 1. The van der Waals surface area contributed by atoms with Crippen LogP contribution in [0, 0.1) is 0 Å². The lowest BCUT2D eigenvalue weighted by atomic mass is 10.1. The van der Waals surface area contributed by atoms with Crippen molar-refractivity contribution in [2.24, 2.45) is 0 Å². The zero-order chi connectivity index (χ0) is 18.4. The Hall–Kier alpha value is -1.53. The van der Waals surface area contributed by atoms with Crippen molar-refractivity contribution < 1.29 is 9.53 Å². The first-order valence-electron chi connectivity index (χ1n) is 8.31. The number of hydrogen-bond donors (Lipinski definition) is 1. The van der Waals surface area contributed by atoms with Crippen LogP contribution in [0.3, 0.4) is 0 Å². The van der Waals surface area contributed by atoms with Crippen molar-refractivity contribution >= 4 is 39.0 Å². The molecule has 0 spiro atoms. The lowest BCUT2D eigenvalue weighted by Gasteiger charge is -2.27. The molecular weight excluding hydrogens is 400 g/mol. The van der Waals surface area contributed by atoms with E-state index in [1.165, 1.54) is 4.88 Å². The average molecular weight is 425 g/mol.